The number of hydrogen-bond donors (Lipinski definition) is 1. The Kier molecular flexibility index (Phi) is 5.62. The van der Waals surface area contributed by atoms with Gasteiger partial charge >= 0.3 is 0 Å². The molecule has 1 aromatic rings. The molecule has 21 heavy (non-hydrogen) atoms. The highest BCUT2D eigenvalue weighted by atomic mass is 16.5. The van der Waals surface area contributed by atoms with Crippen LogP contribution in [-0.2, 0) is 4.79 Å². The molecule has 1 N–H and O–H groups in total. The van der Waals surface area contributed by atoms with Crippen molar-refractivity contribution in [2.75, 3.05) is 26.7 Å². The van der Waals surface area contributed by atoms with Crippen molar-refractivity contribution in [3.63, 3.8) is 0 Å². The second kappa shape index (κ2) is 7.46. The van der Waals surface area contributed by atoms with Crippen molar-refractivity contribution in [3.8, 4) is 5.75 Å². The zero-order valence-electron chi connectivity index (χ0n) is 13.3. The Hall–Kier alpha value is -1.55. The van der Waals surface area contributed by atoms with Crippen LogP contribution in [0.25, 0.3) is 0 Å². The second-order valence-electron chi connectivity index (χ2n) is 5.80. The number of piperidine rings is 1. The van der Waals surface area contributed by atoms with E-state index in [4.69, 9.17) is 4.74 Å². The molecule has 4 nitrogen and oxygen atoms in total. The lowest BCUT2D eigenvalue weighted by Gasteiger charge is -2.32. The van der Waals surface area contributed by atoms with Crippen molar-refractivity contribution >= 4 is 5.91 Å². The molecule has 0 saturated carbocycles. The highest BCUT2D eigenvalue weighted by Crippen LogP contribution is 2.21. The number of benzene rings is 1. The summed E-state index contributed by atoms with van der Waals surface area (Å²) >= 11 is 0. The number of rotatable bonds is 5. The van der Waals surface area contributed by atoms with Crippen LogP contribution >= 0.6 is 0 Å². The summed E-state index contributed by atoms with van der Waals surface area (Å²) in [5.41, 5.74) is 2.54. The molecule has 2 rings (SSSR count). The largest absolute Gasteiger partial charge is 0.490 e. The average Bonchev–Trinajstić information content (AvgIpc) is 2.49. The fraction of sp³-hybridized carbons (Fsp3) is 0.588. The maximum Gasteiger partial charge on any atom is 0.223 e. The monoisotopic (exact) mass is 290 g/mol. The fourth-order valence-electron chi connectivity index (χ4n) is 2.59. The number of aryl methyl sites for hydroxylation is 2. The molecular formula is C17H26N2O2. The van der Waals surface area contributed by atoms with Crippen molar-refractivity contribution in [3.05, 3.63) is 29.3 Å². The van der Waals surface area contributed by atoms with E-state index >= 15 is 0 Å². The highest BCUT2D eigenvalue weighted by molar-refractivity contribution is 5.76. The molecule has 0 radical (unpaired) electrons. The predicted octanol–water partition coefficient (Wildman–Crippen LogP) is 2.28. The van der Waals surface area contributed by atoms with Crippen LogP contribution in [0.1, 0.15) is 30.4 Å². The third-order valence-corrected chi connectivity index (χ3v) is 4.16. The van der Waals surface area contributed by atoms with Gasteiger partial charge in [-0.2, -0.15) is 0 Å². The van der Waals surface area contributed by atoms with Gasteiger partial charge in [0.05, 0.1) is 0 Å². The molecule has 1 heterocycles. The molecule has 1 fully saturated rings. The van der Waals surface area contributed by atoms with E-state index < -0.39 is 0 Å². The molecule has 0 spiro atoms. The maximum absolute atomic E-state index is 11.9. The Labute approximate surface area is 127 Å². The van der Waals surface area contributed by atoms with E-state index in [-0.39, 0.29) is 12.0 Å². The quantitative estimate of drug-likeness (QED) is 0.904. The lowest BCUT2D eigenvalue weighted by atomic mass is 10.1. The summed E-state index contributed by atoms with van der Waals surface area (Å²) in [6.07, 6.45) is 2.63. The van der Waals surface area contributed by atoms with Gasteiger partial charge in [-0.05, 0) is 44.2 Å². The minimum atomic E-state index is 0.223. The zero-order valence-corrected chi connectivity index (χ0v) is 13.3. The molecule has 0 aromatic heterocycles. The number of nitrogens with one attached hydrogen (secondary N) is 1. The maximum atomic E-state index is 11.9. The first-order chi connectivity index (χ1) is 10.1. The summed E-state index contributed by atoms with van der Waals surface area (Å²) in [5, 5.41) is 3.02. The summed E-state index contributed by atoms with van der Waals surface area (Å²) in [7, 11) is 1.87. The van der Waals surface area contributed by atoms with E-state index in [1.165, 1.54) is 11.1 Å². The minimum absolute atomic E-state index is 0.223. The van der Waals surface area contributed by atoms with Gasteiger partial charge in [-0.25, -0.2) is 0 Å². The van der Waals surface area contributed by atoms with Crippen LogP contribution in [0, 0.1) is 13.8 Å². The van der Waals surface area contributed by atoms with E-state index in [0.29, 0.717) is 6.42 Å². The van der Waals surface area contributed by atoms with Gasteiger partial charge in [-0.1, -0.05) is 6.07 Å². The first-order valence-electron chi connectivity index (χ1n) is 7.76. The van der Waals surface area contributed by atoms with Crippen molar-refractivity contribution in [2.45, 2.75) is 39.2 Å². The fourth-order valence-corrected chi connectivity index (χ4v) is 2.59. The molecule has 0 bridgehead atoms. The second-order valence-corrected chi connectivity index (χ2v) is 5.80. The van der Waals surface area contributed by atoms with E-state index in [0.717, 1.165) is 38.2 Å². The molecular weight excluding hydrogens is 264 g/mol. The SMILES string of the molecule is CNCCC(=O)N1CCC(Oc2ccc(C)c(C)c2)CC1. The van der Waals surface area contributed by atoms with Gasteiger partial charge in [-0.3, -0.25) is 4.79 Å². The molecule has 1 aliphatic heterocycles. The normalized spacial score (nSPS) is 16.0. The van der Waals surface area contributed by atoms with Gasteiger partial charge in [-0.15, -0.1) is 0 Å². The standard InChI is InChI=1S/C17H26N2O2/c1-13-4-5-16(12-14(13)2)21-15-7-10-19(11-8-15)17(20)6-9-18-3/h4-5,12,15,18H,6-11H2,1-3H3. The Balaban J connectivity index is 1.81. The molecule has 1 saturated heterocycles. The van der Waals surface area contributed by atoms with Crippen LogP contribution in [0.5, 0.6) is 5.75 Å². The highest BCUT2D eigenvalue weighted by Gasteiger charge is 2.23. The van der Waals surface area contributed by atoms with Gasteiger partial charge in [0.15, 0.2) is 0 Å². The van der Waals surface area contributed by atoms with Gasteiger partial charge in [0.25, 0.3) is 0 Å². The van der Waals surface area contributed by atoms with Gasteiger partial charge in [0, 0.05) is 38.9 Å². The lowest BCUT2D eigenvalue weighted by Crippen LogP contribution is -2.42. The Bertz CT molecular complexity index is 480. The van der Waals surface area contributed by atoms with E-state index in [1.807, 2.05) is 18.0 Å². The van der Waals surface area contributed by atoms with Crippen LogP contribution in [0.2, 0.25) is 0 Å². The third-order valence-electron chi connectivity index (χ3n) is 4.16. The lowest BCUT2D eigenvalue weighted by molar-refractivity contribution is -0.132. The van der Waals surface area contributed by atoms with Crippen LogP contribution < -0.4 is 10.1 Å². The number of hydrogen-bond acceptors (Lipinski definition) is 3. The zero-order chi connectivity index (χ0) is 15.2. The minimum Gasteiger partial charge on any atom is -0.490 e. The summed E-state index contributed by atoms with van der Waals surface area (Å²) in [5.74, 6) is 1.19. The van der Waals surface area contributed by atoms with Crippen molar-refractivity contribution < 1.29 is 9.53 Å². The number of carbonyl (C=O) groups excluding carboxylic acids is 1. The predicted molar refractivity (Wildman–Crippen MR) is 84.7 cm³/mol. The Morgan fingerprint density at radius 3 is 2.62 bits per heavy atom. The van der Waals surface area contributed by atoms with Crippen molar-refractivity contribution in [2.24, 2.45) is 0 Å². The van der Waals surface area contributed by atoms with E-state index in [1.54, 1.807) is 0 Å². The topological polar surface area (TPSA) is 41.6 Å². The summed E-state index contributed by atoms with van der Waals surface area (Å²) in [4.78, 5) is 13.9. The molecule has 0 aliphatic carbocycles. The molecule has 0 atom stereocenters. The molecule has 1 aromatic carbocycles. The van der Waals surface area contributed by atoms with Gasteiger partial charge in [0.2, 0.25) is 5.91 Å². The number of carbonyl (C=O) groups is 1. The molecule has 4 heteroatoms. The number of ether oxygens (including phenoxy) is 1. The smallest absolute Gasteiger partial charge is 0.223 e. The average molecular weight is 290 g/mol. The third kappa shape index (κ3) is 4.46. The summed E-state index contributed by atoms with van der Waals surface area (Å²) < 4.78 is 6.05. The van der Waals surface area contributed by atoms with E-state index in [2.05, 4.69) is 31.3 Å². The molecule has 0 unspecified atom stereocenters. The summed E-state index contributed by atoms with van der Waals surface area (Å²) in [6, 6.07) is 6.23. The first-order valence-corrected chi connectivity index (χ1v) is 7.76. The number of likely N-dealkylation sites (tertiary alicyclic amines) is 1. The molecule has 1 aliphatic rings. The van der Waals surface area contributed by atoms with Crippen LogP contribution in [0.4, 0.5) is 0 Å². The molecule has 1 amide bonds. The van der Waals surface area contributed by atoms with Gasteiger partial charge in [0.1, 0.15) is 11.9 Å². The Morgan fingerprint density at radius 1 is 1.29 bits per heavy atom. The van der Waals surface area contributed by atoms with Crippen molar-refractivity contribution in [1.82, 2.24) is 10.2 Å². The van der Waals surface area contributed by atoms with Crippen molar-refractivity contribution in [1.29, 1.82) is 0 Å². The van der Waals surface area contributed by atoms with Crippen LogP contribution in [0.3, 0.4) is 0 Å². The van der Waals surface area contributed by atoms with E-state index in [9.17, 15) is 4.79 Å². The first kappa shape index (κ1) is 15.8. The number of nitrogens with zero attached hydrogens (tertiary/aromatic N) is 1. The number of amides is 1. The van der Waals surface area contributed by atoms with Crippen LogP contribution in [0.15, 0.2) is 18.2 Å². The van der Waals surface area contributed by atoms with Crippen LogP contribution in [-0.4, -0.2) is 43.6 Å². The Morgan fingerprint density at radius 2 is 2.00 bits per heavy atom. The summed E-state index contributed by atoms with van der Waals surface area (Å²) in [6.45, 7) is 6.56. The van der Waals surface area contributed by atoms with Gasteiger partial charge < -0.3 is 15.0 Å². The molecule has 116 valence electrons.